The van der Waals surface area contributed by atoms with Gasteiger partial charge in [0.2, 0.25) is 0 Å². The van der Waals surface area contributed by atoms with Gasteiger partial charge in [-0.05, 0) is 78.0 Å². The molecule has 2 aromatic carbocycles. The average Bonchev–Trinajstić information content (AvgIpc) is 2.61. The van der Waals surface area contributed by atoms with Gasteiger partial charge in [-0.2, -0.15) is 0 Å². The predicted octanol–water partition coefficient (Wildman–Crippen LogP) is 2.62. The normalized spacial score (nSPS) is 9.96. The van der Waals surface area contributed by atoms with Gasteiger partial charge in [0, 0.05) is 3.57 Å². The number of hydrogen-bond donors (Lipinski definition) is 3. The van der Waals surface area contributed by atoms with E-state index in [0.717, 1.165) is 14.7 Å². The minimum atomic E-state index is -0.420. The van der Waals surface area contributed by atoms with Crippen LogP contribution in [0.25, 0.3) is 0 Å². The third-order valence-electron chi connectivity index (χ3n) is 3.57. The topological polar surface area (TPSA) is 79.5 Å². The number of benzene rings is 2. The van der Waals surface area contributed by atoms with Crippen LogP contribution in [0.4, 0.5) is 0 Å². The summed E-state index contributed by atoms with van der Waals surface area (Å²) in [4.78, 5) is 24.0. The maximum absolute atomic E-state index is 12.1. The number of nitrogens with one attached hydrogen (secondary N) is 3. The second-order valence-corrected chi connectivity index (χ2v) is 6.99. The molecule has 0 atom stereocenters. The van der Waals surface area contributed by atoms with Gasteiger partial charge in [-0.1, -0.05) is 24.3 Å². The first-order chi connectivity index (χ1) is 12.4. The summed E-state index contributed by atoms with van der Waals surface area (Å²) in [6, 6.07) is 12.7. The Kier molecular flexibility index (Phi) is 7.34. The molecule has 0 aliphatic carbocycles. The van der Waals surface area contributed by atoms with Crippen LogP contribution in [-0.4, -0.2) is 23.5 Å². The third-order valence-corrected chi connectivity index (χ3v) is 4.72. The van der Waals surface area contributed by atoms with E-state index in [-0.39, 0.29) is 17.6 Å². The lowest BCUT2D eigenvalue weighted by atomic mass is 10.1. The molecule has 2 amide bonds. The highest BCUT2D eigenvalue weighted by Crippen LogP contribution is 2.20. The van der Waals surface area contributed by atoms with Gasteiger partial charge >= 0.3 is 0 Å². The van der Waals surface area contributed by atoms with E-state index in [1.807, 2.05) is 38.1 Å². The Balaban J connectivity index is 1.78. The van der Waals surface area contributed by atoms with E-state index in [2.05, 4.69) is 38.8 Å². The molecular weight excluding hydrogens is 465 g/mol. The van der Waals surface area contributed by atoms with Crippen LogP contribution in [0.2, 0.25) is 0 Å². The molecular formula is C18H18IN3O3S. The molecule has 0 heterocycles. The number of carbonyl (C=O) groups is 2. The second-order valence-electron chi connectivity index (χ2n) is 5.42. The summed E-state index contributed by atoms with van der Waals surface area (Å²) in [5.41, 5.74) is 7.43. The molecule has 0 saturated heterocycles. The van der Waals surface area contributed by atoms with Gasteiger partial charge in [-0.15, -0.1) is 0 Å². The van der Waals surface area contributed by atoms with E-state index in [4.69, 9.17) is 17.0 Å². The third kappa shape index (κ3) is 5.67. The van der Waals surface area contributed by atoms with Crippen molar-refractivity contribution in [1.82, 2.24) is 16.2 Å². The molecule has 2 aromatic rings. The first-order valence-electron chi connectivity index (χ1n) is 7.72. The largest absolute Gasteiger partial charge is 0.483 e. The van der Waals surface area contributed by atoms with E-state index in [1.165, 1.54) is 0 Å². The molecule has 2 rings (SSSR count). The van der Waals surface area contributed by atoms with E-state index in [9.17, 15) is 9.59 Å². The van der Waals surface area contributed by atoms with Crippen molar-refractivity contribution in [3.63, 3.8) is 0 Å². The van der Waals surface area contributed by atoms with Crippen molar-refractivity contribution in [3.8, 4) is 5.75 Å². The fourth-order valence-electron chi connectivity index (χ4n) is 2.03. The minimum Gasteiger partial charge on any atom is -0.483 e. The number of aryl methyl sites for hydroxylation is 1. The summed E-state index contributed by atoms with van der Waals surface area (Å²) in [5.74, 6) is -0.125. The molecule has 26 heavy (non-hydrogen) atoms. The summed E-state index contributed by atoms with van der Waals surface area (Å²) in [7, 11) is 0. The number of thiocarbonyl (C=S) groups is 1. The van der Waals surface area contributed by atoms with Gasteiger partial charge in [-0.3, -0.25) is 25.8 Å². The van der Waals surface area contributed by atoms with Gasteiger partial charge in [-0.25, -0.2) is 0 Å². The molecule has 0 fully saturated rings. The summed E-state index contributed by atoms with van der Waals surface area (Å²) >= 11 is 7.07. The lowest BCUT2D eigenvalue weighted by molar-refractivity contribution is -0.123. The van der Waals surface area contributed by atoms with Gasteiger partial charge in [0.1, 0.15) is 5.75 Å². The molecule has 8 heteroatoms. The van der Waals surface area contributed by atoms with E-state index < -0.39 is 5.91 Å². The van der Waals surface area contributed by atoms with Crippen molar-refractivity contribution >= 4 is 51.7 Å². The van der Waals surface area contributed by atoms with E-state index in [0.29, 0.717) is 11.3 Å². The zero-order valence-corrected chi connectivity index (χ0v) is 17.2. The Morgan fingerprint density at radius 2 is 1.81 bits per heavy atom. The minimum absolute atomic E-state index is 0.00487. The Bertz CT molecular complexity index is 842. The molecule has 0 saturated carbocycles. The molecule has 6 nitrogen and oxygen atoms in total. The van der Waals surface area contributed by atoms with Crippen LogP contribution in [0.15, 0.2) is 42.5 Å². The molecule has 0 spiro atoms. The Hall–Kier alpha value is -2.20. The molecule has 3 N–H and O–H groups in total. The zero-order chi connectivity index (χ0) is 19.1. The van der Waals surface area contributed by atoms with Crippen molar-refractivity contribution < 1.29 is 14.3 Å². The summed E-state index contributed by atoms with van der Waals surface area (Å²) in [6.07, 6.45) is 0. The first-order valence-corrected chi connectivity index (χ1v) is 9.21. The van der Waals surface area contributed by atoms with E-state index in [1.54, 1.807) is 18.2 Å². The Morgan fingerprint density at radius 3 is 2.54 bits per heavy atom. The summed E-state index contributed by atoms with van der Waals surface area (Å²) in [5, 5.41) is 2.50. The first kappa shape index (κ1) is 20.1. The monoisotopic (exact) mass is 483 g/mol. The maximum Gasteiger partial charge on any atom is 0.276 e. The van der Waals surface area contributed by atoms with Crippen LogP contribution in [0.3, 0.4) is 0 Å². The zero-order valence-electron chi connectivity index (χ0n) is 14.3. The van der Waals surface area contributed by atoms with Crippen molar-refractivity contribution in [2.24, 2.45) is 0 Å². The fourth-order valence-corrected chi connectivity index (χ4v) is 2.81. The van der Waals surface area contributed by atoms with Crippen molar-refractivity contribution in [3.05, 3.63) is 62.7 Å². The molecule has 0 bridgehead atoms. The second kappa shape index (κ2) is 9.48. The number of rotatable bonds is 4. The molecule has 0 radical (unpaired) electrons. The van der Waals surface area contributed by atoms with Gasteiger partial charge in [0.05, 0.1) is 5.56 Å². The molecule has 0 aliphatic heterocycles. The van der Waals surface area contributed by atoms with Crippen LogP contribution in [-0.2, 0) is 4.79 Å². The standard InChI is InChI=1S/C18H18IN3O3S/c1-11-6-5-9-15(12(11)2)25-10-16(23)21-22-18(26)20-17(24)13-7-3-4-8-14(13)19/h3-9H,10H2,1-2H3,(H,21,23)(H2,20,22,24,26). The molecule has 0 aliphatic rings. The smallest absolute Gasteiger partial charge is 0.276 e. The Labute approximate surface area is 170 Å². The summed E-state index contributed by atoms with van der Waals surface area (Å²) < 4.78 is 6.30. The van der Waals surface area contributed by atoms with Gasteiger partial charge < -0.3 is 4.74 Å². The summed E-state index contributed by atoms with van der Waals surface area (Å²) in [6.45, 7) is 3.72. The highest BCUT2D eigenvalue weighted by atomic mass is 127. The number of hydrazine groups is 1. The van der Waals surface area contributed by atoms with Crippen LogP contribution in [0, 0.1) is 17.4 Å². The quantitative estimate of drug-likeness (QED) is 0.354. The van der Waals surface area contributed by atoms with Crippen LogP contribution in [0.1, 0.15) is 21.5 Å². The predicted molar refractivity (Wildman–Crippen MR) is 112 cm³/mol. The molecule has 0 aromatic heterocycles. The SMILES string of the molecule is Cc1cccc(OCC(=O)NNC(=S)NC(=O)c2ccccc2I)c1C. The highest BCUT2D eigenvalue weighted by Gasteiger charge is 2.11. The van der Waals surface area contributed by atoms with Crippen molar-refractivity contribution in [1.29, 1.82) is 0 Å². The van der Waals surface area contributed by atoms with Crippen molar-refractivity contribution in [2.45, 2.75) is 13.8 Å². The van der Waals surface area contributed by atoms with Crippen molar-refractivity contribution in [2.75, 3.05) is 6.61 Å². The van der Waals surface area contributed by atoms with E-state index >= 15 is 0 Å². The lowest BCUT2D eigenvalue weighted by Crippen LogP contribution is -2.49. The molecule has 136 valence electrons. The highest BCUT2D eigenvalue weighted by molar-refractivity contribution is 14.1. The molecule has 0 unspecified atom stereocenters. The van der Waals surface area contributed by atoms with Crippen LogP contribution in [0.5, 0.6) is 5.75 Å². The maximum atomic E-state index is 12.1. The lowest BCUT2D eigenvalue weighted by Gasteiger charge is -2.13. The number of amides is 2. The van der Waals surface area contributed by atoms with Gasteiger partial charge in [0.15, 0.2) is 11.7 Å². The van der Waals surface area contributed by atoms with Gasteiger partial charge in [0.25, 0.3) is 11.8 Å². The van der Waals surface area contributed by atoms with Crippen LogP contribution < -0.4 is 20.9 Å². The fraction of sp³-hybridized carbons (Fsp3) is 0.167. The number of ether oxygens (including phenoxy) is 1. The van der Waals surface area contributed by atoms with Crippen LogP contribution >= 0.6 is 34.8 Å². The number of carbonyl (C=O) groups excluding carboxylic acids is 2. The number of halogens is 1. The average molecular weight is 483 g/mol. The Morgan fingerprint density at radius 1 is 1.08 bits per heavy atom. The number of hydrogen-bond acceptors (Lipinski definition) is 4.